The fraction of sp³-hybridized carbons (Fsp3) is 0.385. The van der Waals surface area contributed by atoms with Crippen molar-refractivity contribution in [2.24, 2.45) is 0 Å². The first-order valence-corrected chi connectivity index (χ1v) is 7.31. The van der Waals surface area contributed by atoms with Crippen LogP contribution in [0, 0.1) is 0 Å². The van der Waals surface area contributed by atoms with E-state index in [1.807, 2.05) is 0 Å². The molecule has 7 nitrogen and oxygen atoms in total. The van der Waals surface area contributed by atoms with E-state index in [-0.39, 0.29) is 12.8 Å². The average Bonchev–Trinajstić information content (AvgIpc) is 2.50. The summed E-state index contributed by atoms with van der Waals surface area (Å²) in [4.78, 5) is 38.3. The maximum atomic E-state index is 12.1. The largest absolute Gasteiger partial charge is 0.480 e. The van der Waals surface area contributed by atoms with Crippen molar-refractivity contribution in [3.63, 3.8) is 0 Å². The van der Waals surface area contributed by atoms with Gasteiger partial charge in [-0.3, -0.25) is 9.59 Å². The lowest BCUT2D eigenvalue weighted by Gasteiger charge is -2.14. The van der Waals surface area contributed by atoms with Gasteiger partial charge in [0.25, 0.3) is 5.91 Å². The topological polar surface area (TPSA) is 106 Å². The Hall–Kier alpha value is -2.09. The highest BCUT2D eigenvalue weighted by atomic mass is 32.2. The van der Waals surface area contributed by atoms with Crippen LogP contribution in [0.15, 0.2) is 23.4 Å². The number of carbonyl (C=O) groups is 3. The number of nitrogens with one attached hydrogen (secondary N) is 1. The fourth-order valence-electron chi connectivity index (χ4n) is 1.58. The van der Waals surface area contributed by atoms with Crippen molar-refractivity contribution in [2.75, 3.05) is 13.4 Å². The minimum Gasteiger partial charge on any atom is -0.480 e. The van der Waals surface area contributed by atoms with E-state index in [9.17, 15) is 14.4 Å². The molecule has 1 atom stereocenters. The van der Waals surface area contributed by atoms with Crippen LogP contribution in [0.2, 0.25) is 0 Å². The van der Waals surface area contributed by atoms with Gasteiger partial charge in [-0.15, -0.1) is 11.8 Å². The van der Waals surface area contributed by atoms with Crippen LogP contribution in [0.5, 0.6) is 0 Å². The second-order valence-corrected chi connectivity index (χ2v) is 4.83. The minimum absolute atomic E-state index is 0.0391. The predicted octanol–water partition coefficient (Wildman–Crippen LogP) is 0.940. The van der Waals surface area contributed by atoms with Gasteiger partial charge in [0, 0.05) is 12.6 Å². The number of methoxy groups -OCH3 is 1. The Bertz CT molecular complexity index is 535. The normalized spacial score (nSPS) is 11.5. The summed E-state index contributed by atoms with van der Waals surface area (Å²) in [6.45, 7) is 0. The number of aromatic nitrogens is 1. The van der Waals surface area contributed by atoms with Crippen LogP contribution in [-0.4, -0.2) is 47.3 Å². The molecule has 0 saturated heterocycles. The van der Waals surface area contributed by atoms with Crippen LogP contribution in [0.1, 0.15) is 23.2 Å². The Morgan fingerprint density at radius 3 is 2.76 bits per heavy atom. The first kappa shape index (κ1) is 17.0. The van der Waals surface area contributed by atoms with Crippen LogP contribution in [0.4, 0.5) is 0 Å². The van der Waals surface area contributed by atoms with Crippen LogP contribution < -0.4 is 5.32 Å². The molecule has 1 aromatic rings. The summed E-state index contributed by atoms with van der Waals surface area (Å²) in [5.41, 5.74) is 0.300. The predicted molar refractivity (Wildman–Crippen MR) is 76.2 cm³/mol. The molecular weight excluding hydrogens is 296 g/mol. The van der Waals surface area contributed by atoms with Gasteiger partial charge in [0.05, 0.1) is 12.7 Å². The molecule has 0 aliphatic rings. The number of amides is 1. The maximum Gasteiger partial charge on any atom is 0.326 e. The number of rotatable bonds is 7. The molecule has 0 saturated carbocycles. The summed E-state index contributed by atoms with van der Waals surface area (Å²) in [5.74, 6) is -2.27. The zero-order chi connectivity index (χ0) is 15.8. The lowest BCUT2D eigenvalue weighted by Crippen LogP contribution is -2.41. The first-order chi connectivity index (χ1) is 9.99. The first-order valence-electron chi connectivity index (χ1n) is 6.09. The van der Waals surface area contributed by atoms with E-state index in [0.29, 0.717) is 10.6 Å². The summed E-state index contributed by atoms with van der Waals surface area (Å²) < 4.78 is 4.45. The van der Waals surface area contributed by atoms with Gasteiger partial charge in [-0.1, -0.05) is 0 Å². The monoisotopic (exact) mass is 312 g/mol. The van der Waals surface area contributed by atoms with Crippen molar-refractivity contribution in [2.45, 2.75) is 23.9 Å². The number of pyridine rings is 1. The second-order valence-electron chi connectivity index (χ2n) is 4.04. The third kappa shape index (κ3) is 5.07. The van der Waals surface area contributed by atoms with E-state index in [2.05, 4.69) is 15.0 Å². The van der Waals surface area contributed by atoms with E-state index < -0.39 is 23.9 Å². The summed E-state index contributed by atoms with van der Waals surface area (Å²) in [5, 5.41) is 12.0. The quantitative estimate of drug-likeness (QED) is 0.570. The second kappa shape index (κ2) is 8.25. The van der Waals surface area contributed by atoms with E-state index in [1.54, 1.807) is 24.6 Å². The highest BCUT2D eigenvalue weighted by molar-refractivity contribution is 7.98. The number of carboxylic acid groups (broad SMARTS) is 1. The molecule has 114 valence electrons. The highest BCUT2D eigenvalue weighted by Gasteiger charge is 2.23. The molecule has 1 heterocycles. The van der Waals surface area contributed by atoms with Crippen molar-refractivity contribution in [3.8, 4) is 0 Å². The average molecular weight is 312 g/mol. The van der Waals surface area contributed by atoms with E-state index >= 15 is 0 Å². The van der Waals surface area contributed by atoms with Crippen LogP contribution in [0.3, 0.4) is 0 Å². The highest BCUT2D eigenvalue weighted by Crippen LogP contribution is 2.17. The number of esters is 1. The van der Waals surface area contributed by atoms with E-state index in [4.69, 9.17) is 5.11 Å². The van der Waals surface area contributed by atoms with Gasteiger partial charge in [-0.2, -0.15) is 0 Å². The van der Waals surface area contributed by atoms with Crippen molar-refractivity contribution in [1.29, 1.82) is 0 Å². The molecular formula is C13H16N2O5S. The van der Waals surface area contributed by atoms with Crippen molar-refractivity contribution in [1.82, 2.24) is 10.3 Å². The van der Waals surface area contributed by atoms with Gasteiger partial charge >= 0.3 is 11.9 Å². The van der Waals surface area contributed by atoms with Crippen molar-refractivity contribution < 1.29 is 24.2 Å². The minimum atomic E-state index is -1.21. The Morgan fingerprint density at radius 2 is 2.19 bits per heavy atom. The zero-order valence-electron chi connectivity index (χ0n) is 11.7. The van der Waals surface area contributed by atoms with E-state index in [1.165, 1.54) is 18.9 Å². The van der Waals surface area contributed by atoms with Gasteiger partial charge in [0.2, 0.25) is 0 Å². The number of nitrogens with zero attached hydrogens (tertiary/aromatic N) is 1. The van der Waals surface area contributed by atoms with Crippen LogP contribution >= 0.6 is 11.8 Å². The third-order valence-electron chi connectivity index (χ3n) is 2.68. The van der Waals surface area contributed by atoms with Gasteiger partial charge in [0.1, 0.15) is 11.1 Å². The third-order valence-corrected chi connectivity index (χ3v) is 3.39. The molecule has 2 N–H and O–H groups in total. The molecule has 0 fully saturated rings. The van der Waals surface area contributed by atoms with Gasteiger partial charge < -0.3 is 15.2 Å². The standard InChI is InChI=1S/C13H16N2O5S/c1-20-10(16)6-5-9(13(18)19)15-11(17)8-4-3-7-14-12(8)21-2/h3-4,7,9H,5-6H2,1-2H3,(H,15,17)(H,18,19). The Balaban J connectivity index is 2.76. The number of hydrogen-bond acceptors (Lipinski definition) is 6. The van der Waals surface area contributed by atoms with Gasteiger partial charge in [-0.05, 0) is 24.8 Å². The molecule has 1 aromatic heterocycles. The molecule has 8 heteroatoms. The molecule has 0 spiro atoms. The number of thioether (sulfide) groups is 1. The lowest BCUT2D eigenvalue weighted by atomic mass is 10.1. The van der Waals surface area contributed by atoms with Crippen LogP contribution in [0.25, 0.3) is 0 Å². The molecule has 0 aliphatic carbocycles. The Morgan fingerprint density at radius 1 is 1.48 bits per heavy atom. The lowest BCUT2D eigenvalue weighted by molar-refractivity contribution is -0.142. The summed E-state index contributed by atoms with van der Waals surface area (Å²) in [7, 11) is 1.22. The molecule has 0 aromatic carbocycles. The Labute approximate surface area is 126 Å². The maximum absolute atomic E-state index is 12.1. The summed E-state index contributed by atoms with van der Waals surface area (Å²) in [6.07, 6.45) is 3.19. The van der Waals surface area contributed by atoms with Gasteiger partial charge in [0.15, 0.2) is 0 Å². The van der Waals surface area contributed by atoms with Crippen molar-refractivity contribution in [3.05, 3.63) is 23.9 Å². The Kier molecular flexibility index (Phi) is 6.67. The number of carbonyl (C=O) groups excluding carboxylic acids is 2. The fourth-order valence-corrected chi connectivity index (χ4v) is 2.13. The summed E-state index contributed by atoms with van der Waals surface area (Å²) in [6, 6.07) is 2.00. The SMILES string of the molecule is COC(=O)CCC(NC(=O)c1cccnc1SC)C(=O)O. The molecule has 1 amide bonds. The smallest absolute Gasteiger partial charge is 0.326 e. The van der Waals surface area contributed by atoms with E-state index in [0.717, 1.165) is 0 Å². The van der Waals surface area contributed by atoms with Crippen molar-refractivity contribution >= 4 is 29.6 Å². The molecule has 0 radical (unpaired) electrons. The zero-order valence-corrected chi connectivity index (χ0v) is 12.5. The van der Waals surface area contributed by atoms with Crippen LogP contribution in [-0.2, 0) is 14.3 Å². The number of ether oxygens (including phenoxy) is 1. The molecule has 1 rings (SSSR count). The summed E-state index contributed by atoms with van der Waals surface area (Å²) >= 11 is 1.29. The number of carboxylic acids is 1. The van der Waals surface area contributed by atoms with Gasteiger partial charge in [-0.25, -0.2) is 9.78 Å². The molecule has 21 heavy (non-hydrogen) atoms. The molecule has 1 unspecified atom stereocenters. The molecule has 0 aliphatic heterocycles. The number of hydrogen-bond donors (Lipinski definition) is 2. The number of aliphatic carboxylic acids is 1. The molecule has 0 bridgehead atoms.